The fourth-order valence-corrected chi connectivity index (χ4v) is 2.71. The minimum atomic E-state index is -0.0897. The molecule has 25 heavy (non-hydrogen) atoms. The number of amides is 1. The molecule has 0 atom stereocenters. The van der Waals surface area contributed by atoms with Gasteiger partial charge in [0.25, 0.3) is 0 Å². The Balaban J connectivity index is 1.44. The Hall–Kier alpha value is -2.68. The summed E-state index contributed by atoms with van der Waals surface area (Å²) in [4.78, 5) is 20.5. The number of carbonyl (C=O) groups excluding carboxylic acids is 1. The summed E-state index contributed by atoms with van der Waals surface area (Å²) < 4.78 is 5.18. The van der Waals surface area contributed by atoms with Gasteiger partial charge in [0.15, 0.2) is 5.82 Å². The Morgan fingerprint density at radius 2 is 2.12 bits per heavy atom. The van der Waals surface area contributed by atoms with Gasteiger partial charge in [0.05, 0.1) is 5.75 Å². The van der Waals surface area contributed by atoms with Gasteiger partial charge in [-0.1, -0.05) is 42.0 Å². The molecule has 130 valence electrons. The monoisotopic (exact) mass is 358 g/mol. The van der Waals surface area contributed by atoms with E-state index in [1.54, 1.807) is 0 Å². The normalized spacial score (nSPS) is 10.8. The number of hydrogen-bond donors (Lipinski definition) is 2. The number of aromatic nitrogens is 5. The minimum absolute atomic E-state index is 0.0897. The maximum absolute atomic E-state index is 11.9. The van der Waals surface area contributed by atoms with Gasteiger partial charge in [-0.2, -0.15) is 4.98 Å². The van der Waals surface area contributed by atoms with Crippen LogP contribution in [0.4, 0.5) is 5.69 Å². The number of para-hydroxylation sites is 1. The Morgan fingerprint density at radius 1 is 1.28 bits per heavy atom. The summed E-state index contributed by atoms with van der Waals surface area (Å²) in [6.45, 7) is 2.01. The van der Waals surface area contributed by atoms with Gasteiger partial charge in [0, 0.05) is 24.9 Å². The number of aryl methyl sites for hydroxylation is 2. The largest absolute Gasteiger partial charge is 0.339 e. The number of nitrogens with zero attached hydrogens (tertiary/aromatic N) is 4. The van der Waals surface area contributed by atoms with E-state index in [4.69, 9.17) is 4.52 Å². The topological polar surface area (TPSA) is 110 Å². The molecule has 0 fully saturated rings. The van der Waals surface area contributed by atoms with E-state index >= 15 is 0 Å². The maximum atomic E-state index is 11.9. The lowest BCUT2D eigenvalue weighted by atomic mass is 10.2. The maximum Gasteiger partial charge on any atom is 0.227 e. The Labute approximate surface area is 148 Å². The van der Waals surface area contributed by atoms with Crippen LogP contribution in [0.5, 0.6) is 0 Å². The third-order valence-electron chi connectivity index (χ3n) is 3.31. The number of nitrogens with one attached hydrogen (secondary N) is 2. The van der Waals surface area contributed by atoms with Crippen molar-refractivity contribution in [3.05, 3.63) is 47.9 Å². The minimum Gasteiger partial charge on any atom is -0.339 e. The Kier molecular flexibility index (Phi) is 5.78. The lowest BCUT2D eigenvalue weighted by molar-refractivity contribution is -0.116. The molecule has 2 aromatic heterocycles. The number of rotatable bonds is 8. The second-order valence-electron chi connectivity index (χ2n) is 5.23. The first-order chi connectivity index (χ1) is 12.2. The molecule has 0 saturated carbocycles. The number of aromatic amines is 1. The van der Waals surface area contributed by atoms with Crippen molar-refractivity contribution in [1.82, 2.24) is 25.3 Å². The van der Waals surface area contributed by atoms with Crippen LogP contribution in [0.2, 0.25) is 0 Å². The number of hydrogen-bond acceptors (Lipinski definition) is 7. The Morgan fingerprint density at radius 3 is 2.88 bits per heavy atom. The lowest BCUT2D eigenvalue weighted by Gasteiger charge is -2.02. The molecule has 8 nitrogen and oxygen atoms in total. The van der Waals surface area contributed by atoms with Crippen molar-refractivity contribution in [3.63, 3.8) is 0 Å². The average Bonchev–Trinajstić information content (AvgIpc) is 3.28. The van der Waals surface area contributed by atoms with Crippen LogP contribution in [0.25, 0.3) is 0 Å². The summed E-state index contributed by atoms with van der Waals surface area (Å²) in [6.07, 6.45) is 1.49. The molecular weight excluding hydrogens is 340 g/mol. The van der Waals surface area contributed by atoms with Gasteiger partial charge in [0.2, 0.25) is 17.0 Å². The highest BCUT2D eigenvalue weighted by atomic mass is 32.2. The first kappa shape index (κ1) is 17.2. The first-order valence-corrected chi connectivity index (χ1v) is 8.92. The van der Waals surface area contributed by atoms with Gasteiger partial charge in [-0.25, -0.2) is 4.98 Å². The molecule has 2 N–H and O–H groups in total. The molecule has 0 aliphatic rings. The summed E-state index contributed by atoms with van der Waals surface area (Å²) >= 11 is 1.43. The summed E-state index contributed by atoms with van der Waals surface area (Å²) in [5, 5.41) is 14.3. The zero-order valence-electron chi connectivity index (χ0n) is 13.7. The van der Waals surface area contributed by atoms with Crippen LogP contribution >= 0.6 is 11.8 Å². The SMILES string of the molecule is CCc1nc(SCc2noc(CCC(=O)Nc3ccccc3)n2)n[nH]1. The Bertz CT molecular complexity index is 817. The van der Waals surface area contributed by atoms with Crippen LogP contribution in [0.1, 0.15) is 30.9 Å². The van der Waals surface area contributed by atoms with Crippen LogP contribution < -0.4 is 5.32 Å². The summed E-state index contributed by atoms with van der Waals surface area (Å²) in [6, 6.07) is 9.32. The zero-order valence-corrected chi connectivity index (χ0v) is 14.5. The first-order valence-electron chi connectivity index (χ1n) is 7.93. The van der Waals surface area contributed by atoms with Crippen molar-refractivity contribution in [3.8, 4) is 0 Å². The van der Waals surface area contributed by atoms with E-state index < -0.39 is 0 Å². The van der Waals surface area contributed by atoms with Gasteiger partial charge < -0.3 is 9.84 Å². The number of anilines is 1. The van der Waals surface area contributed by atoms with E-state index in [1.165, 1.54) is 11.8 Å². The average molecular weight is 358 g/mol. The molecule has 0 aliphatic heterocycles. The van der Waals surface area contributed by atoms with Crippen molar-refractivity contribution in [2.45, 2.75) is 37.1 Å². The highest BCUT2D eigenvalue weighted by Gasteiger charge is 2.11. The summed E-state index contributed by atoms with van der Waals surface area (Å²) in [5.41, 5.74) is 0.771. The zero-order chi connectivity index (χ0) is 17.5. The van der Waals surface area contributed by atoms with Gasteiger partial charge in [-0.3, -0.25) is 9.89 Å². The number of thioether (sulfide) groups is 1. The quantitative estimate of drug-likeness (QED) is 0.596. The van der Waals surface area contributed by atoms with E-state index in [0.29, 0.717) is 29.0 Å². The second-order valence-corrected chi connectivity index (χ2v) is 6.17. The van der Waals surface area contributed by atoms with Crippen LogP contribution in [-0.4, -0.2) is 31.2 Å². The van der Waals surface area contributed by atoms with Gasteiger partial charge in [0.1, 0.15) is 5.82 Å². The van der Waals surface area contributed by atoms with Crippen LogP contribution in [0.3, 0.4) is 0 Å². The molecule has 2 heterocycles. The molecule has 0 unspecified atom stereocenters. The molecule has 0 radical (unpaired) electrons. The van der Waals surface area contributed by atoms with E-state index in [1.807, 2.05) is 37.3 Å². The van der Waals surface area contributed by atoms with Gasteiger partial charge in [-0.05, 0) is 12.1 Å². The number of carbonyl (C=O) groups is 1. The third kappa shape index (κ3) is 5.15. The smallest absolute Gasteiger partial charge is 0.227 e. The molecule has 3 rings (SSSR count). The lowest BCUT2D eigenvalue weighted by Crippen LogP contribution is -2.12. The van der Waals surface area contributed by atoms with Crippen LogP contribution in [0, 0.1) is 0 Å². The second kappa shape index (κ2) is 8.43. The van der Waals surface area contributed by atoms with Crippen molar-refractivity contribution < 1.29 is 9.32 Å². The van der Waals surface area contributed by atoms with E-state index in [9.17, 15) is 4.79 Å². The molecule has 1 amide bonds. The number of H-pyrrole nitrogens is 1. The van der Waals surface area contributed by atoms with E-state index in [2.05, 4.69) is 30.6 Å². The van der Waals surface area contributed by atoms with E-state index in [0.717, 1.165) is 17.9 Å². The third-order valence-corrected chi connectivity index (χ3v) is 4.15. The van der Waals surface area contributed by atoms with Crippen LogP contribution in [-0.2, 0) is 23.4 Å². The highest BCUT2D eigenvalue weighted by Crippen LogP contribution is 2.17. The molecule has 0 aliphatic carbocycles. The van der Waals surface area contributed by atoms with Crippen molar-refractivity contribution >= 4 is 23.4 Å². The van der Waals surface area contributed by atoms with Crippen LogP contribution in [0.15, 0.2) is 40.0 Å². The predicted molar refractivity (Wildman–Crippen MR) is 93.0 cm³/mol. The summed E-state index contributed by atoms with van der Waals surface area (Å²) in [5.74, 6) is 2.28. The predicted octanol–water partition coefficient (Wildman–Crippen LogP) is 2.61. The van der Waals surface area contributed by atoms with E-state index in [-0.39, 0.29) is 12.3 Å². The molecule has 1 aromatic carbocycles. The van der Waals surface area contributed by atoms with Crippen molar-refractivity contribution in [2.75, 3.05) is 5.32 Å². The fraction of sp³-hybridized carbons (Fsp3) is 0.312. The summed E-state index contributed by atoms with van der Waals surface area (Å²) in [7, 11) is 0. The number of benzene rings is 1. The van der Waals surface area contributed by atoms with Gasteiger partial charge in [-0.15, -0.1) is 5.10 Å². The van der Waals surface area contributed by atoms with Gasteiger partial charge >= 0.3 is 0 Å². The van der Waals surface area contributed by atoms with Crippen molar-refractivity contribution in [2.24, 2.45) is 0 Å². The highest BCUT2D eigenvalue weighted by molar-refractivity contribution is 7.98. The fourth-order valence-electron chi connectivity index (χ4n) is 2.05. The molecule has 0 spiro atoms. The molecule has 9 heteroatoms. The molecular formula is C16H18N6O2S. The standard InChI is InChI=1S/C16H18N6O2S/c1-2-12-19-16(21-20-12)25-10-13-18-15(24-22-13)9-8-14(23)17-11-6-4-3-5-7-11/h3-7H,2,8-10H2,1H3,(H,17,23)(H,19,20,21). The van der Waals surface area contributed by atoms with Crippen molar-refractivity contribution in [1.29, 1.82) is 0 Å². The molecule has 3 aromatic rings. The molecule has 0 saturated heterocycles. The molecule has 0 bridgehead atoms.